The Morgan fingerprint density at radius 3 is 2.95 bits per heavy atom. The first kappa shape index (κ1) is 15.1. The van der Waals surface area contributed by atoms with Crippen molar-refractivity contribution in [2.45, 2.75) is 33.0 Å². The molecule has 1 aromatic carbocycles. The zero-order valence-electron chi connectivity index (χ0n) is 12.1. The zero-order chi connectivity index (χ0) is 14.7. The van der Waals surface area contributed by atoms with Crippen LogP contribution >= 0.6 is 11.6 Å². The van der Waals surface area contributed by atoms with Gasteiger partial charge >= 0.3 is 0 Å². The number of rotatable bonds is 3. The van der Waals surface area contributed by atoms with Crippen molar-refractivity contribution >= 4 is 17.5 Å². The van der Waals surface area contributed by atoms with Gasteiger partial charge in [0, 0.05) is 18.1 Å². The molecule has 0 aliphatic carbocycles. The van der Waals surface area contributed by atoms with Gasteiger partial charge in [-0.2, -0.15) is 0 Å². The molecule has 0 spiro atoms. The SMILES string of the molecule is Cc1cc(Cl)ccc1OC(C)C(=O)N1CCOC(C)C1. The van der Waals surface area contributed by atoms with Gasteiger partial charge < -0.3 is 14.4 Å². The van der Waals surface area contributed by atoms with E-state index in [1.165, 1.54) is 0 Å². The number of hydrogen-bond acceptors (Lipinski definition) is 3. The Morgan fingerprint density at radius 2 is 2.30 bits per heavy atom. The molecule has 2 atom stereocenters. The number of carbonyl (C=O) groups excluding carboxylic acids is 1. The summed E-state index contributed by atoms with van der Waals surface area (Å²) in [4.78, 5) is 14.1. The summed E-state index contributed by atoms with van der Waals surface area (Å²) in [7, 11) is 0. The Labute approximate surface area is 124 Å². The molecule has 1 fully saturated rings. The van der Waals surface area contributed by atoms with E-state index in [2.05, 4.69) is 0 Å². The highest BCUT2D eigenvalue weighted by Crippen LogP contribution is 2.23. The van der Waals surface area contributed by atoms with Gasteiger partial charge in [-0.1, -0.05) is 11.6 Å². The maximum Gasteiger partial charge on any atom is 0.263 e. The Hall–Kier alpha value is -1.26. The lowest BCUT2D eigenvalue weighted by Gasteiger charge is -2.33. The lowest BCUT2D eigenvalue weighted by atomic mass is 10.2. The molecule has 110 valence electrons. The van der Waals surface area contributed by atoms with Crippen molar-refractivity contribution in [3.05, 3.63) is 28.8 Å². The van der Waals surface area contributed by atoms with E-state index in [-0.39, 0.29) is 12.0 Å². The second-order valence-corrected chi connectivity index (χ2v) is 5.57. The second-order valence-electron chi connectivity index (χ2n) is 5.14. The molecule has 1 amide bonds. The third-order valence-corrected chi connectivity index (χ3v) is 3.58. The summed E-state index contributed by atoms with van der Waals surface area (Å²) in [5, 5.41) is 0.663. The van der Waals surface area contributed by atoms with Crippen LogP contribution in [0.2, 0.25) is 5.02 Å². The molecule has 1 heterocycles. The van der Waals surface area contributed by atoms with Gasteiger partial charge in [0.2, 0.25) is 0 Å². The molecule has 0 aromatic heterocycles. The van der Waals surface area contributed by atoms with Gasteiger partial charge in [0.05, 0.1) is 12.7 Å². The number of benzene rings is 1. The smallest absolute Gasteiger partial charge is 0.263 e. The maximum atomic E-state index is 12.3. The molecular weight excluding hydrogens is 278 g/mol. The number of aryl methyl sites for hydroxylation is 1. The van der Waals surface area contributed by atoms with E-state index in [0.29, 0.717) is 30.5 Å². The quantitative estimate of drug-likeness (QED) is 0.861. The van der Waals surface area contributed by atoms with E-state index < -0.39 is 6.10 Å². The number of nitrogens with zero attached hydrogens (tertiary/aromatic N) is 1. The molecule has 2 rings (SSSR count). The van der Waals surface area contributed by atoms with Gasteiger partial charge in [-0.15, -0.1) is 0 Å². The normalized spacial score (nSPS) is 20.6. The van der Waals surface area contributed by atoms with Gasteiger partial charge in [0.25, 0.3) is 5.91 Å². The molecule has 1 aliphatic rings. The van der Waals surface area contributed by atoms with Crippen LogP contribution in [-0.4, -0.2) is 42.7 Å². The molecule has 0 saturated carbocycles. The standard InChI is InChI=1S/C15H20ClNO3/c1-10-8-13(16)4-5-14(10)20-12(3)15(18)17-6-7-19-11(2)9-17/h4-5,8,11-12H,6-7,9H2,1-3H3. The Morgan fingerprint density at radius 1 is 1.55 bits per heavy atom. The number of halogens is 1. The summed E-state index contributed by atoms with van der Waals surface area (Å²) in [6.07, 6.45) is -0.433. The fourth-order valence-corrected chi connectivity index (χ4v) is 2.49. The highest BCUT2D eigenvalue weighted by atomic mass is 35.5. The predicted octanol–water partition coefficient (Wildman–Crippen LogP) is 2.66. The van der Waals surface area contributed by atoms with E-state index in [4.69, 9.17) is 21.1 Å². The Bertz CT molecular complexity index is 492. The summed E-state index contributed by atoms with van der Waals surface area (Å²) in [5.74, 6) is 0.686. The first-order valence-corrected chi connectivity index (χ1v) is 7.18. The molecule has 1 aromatic rings. The second kappa shape index (κ2) is 6.46. The minimum Gasteiger partial charge on any atom is -0.481 e. The Kier molecular flexibility index (Phi) is 4.89. The van der Waals surface area contributed by atoms with Crippen LogP contribution in [0.15, 0.2) is 18.2 Å². The molecule has 0 N–H and O–H groups in total. The van der Waals surface area contributed by atoms with E-state index in [1.54, 1.807) is 24.0 Å². The summed E-state index contributed by atoms with van der Waals surface area (Å²) in [6.45, 7) is 7.47. The monoisotopic (exact) mass is 297 g/mol. The first-order valence-electron chi connectivity index (χ1n) is 6.80. The van der Waals surface area contributed by atoms with Crippen LogP contribution in [-0.2, 0) is 9.53 Å². The topological polar surface area (TPSA) is 38.8 Å². The van der Waals surface area contributed by atoms with Crippen LogP contribution in [0.1, 0.15) is 19.4 Å². The fraction of sp³-hybridized carbons (Fsp3) is 0.533. The molecule has 4 nitrogen and oxygen atoms in total. The molecule has 2 unspecified atom stereocenters. The molecule has 5 heteroatoms. The fourth-order valence-electron chi connectivity index (χ4n) is 2.26. The minimum atomic E-state index is -0.514. The average Bonchev–Trinajstić information content (AvgIpc) is 2.41. The Balaban J connectivity index is 2.00. The summed E-state index contributed by atoms with van der Waals surface area (Å²) in [6, 6.07) is 5.38. The van der Waals surface area contributed by atoms with Crippen molar-refractivity contribution in [2.75, 3.05) is 19.7 Å². The third kappa shape index (κ3) is 3.64. The van der Waals surface area contributed by atoms with Crippen molar-refractivity contribution in [3.63, 3.8) is 0 Å². The lowest BCUT2D eigenvalue weighted by Crippen LogP contribution is -2.49. The van der Waals surface area contributed by atoms with Crippen molar-refractivity contribution in [2.24, 2.45) is 0 Å². The van der Waals surface area contributed by atoms with E-state index in [0.717, 1.165) is 5.56 Å². The highest BCUT2D eigenvalue weighted by molar-refractivity contribution is 6.30. The van der Waals surface area contributed by atoms with Crippen LogP contribution < -0.4 is 4.74 Å². The van der Waals surface area contributed by atoms with Crippen LogP contribution in [0.3, 0.4) is 0 Å². The number of morpholine rings is 1. The van der Waals surface area contributed by atoms with Gasteiger partial charge in [0.15, 0.2) is 6.10 Å². The molecule has 1 saturated heterocycles. The van der Waals surface area contributed by atoms with Crippen molar-refractivity contribution < 1.29 is 14.3 Å². The summed E-state index contributed by atoms with van der Waals surface area (Å²) >= 11 is 5.91. The molecule has 20 heavy (non-hydrogen) atoms. The van der Waals surface area contributed by atoms with Gasteiger partial charge in [0.1, 0.15) is 5.75 Å². The van der Waals surface area contributed by atoms with Crippen LogP contribution in [0.5, 0.6) is 5.75 Å². The van der Waals surface area contributed by atoms with Crippen molar-refractivity contribution in [3.8, 4) is 5.75 Å². The first-order chi connectivity index (χ1) is 9.47. The number of carbonyl (C=O) groups is 1. The summed E-state index contributed by atoms with van der Waals surface area (Å²) in [5.41, 5.74) is 0.924. The van der Waals surface area contributed by atoms with Crippen molar-refractivity contribution in [1.29, 1.82) is 0 Å². The number of hydrogen-bond donors (Lipinski definition) is 0. The van der Waals surface area contributed by atoms with Gasteiger partial charge in [-0.25, -0.2) is 0 Å². The zero-order valence-corrected chi connectivity index (χ0v) is 12.8. The molecule has 1 aliphatic heterocycles. The van der Waals surface area contributed by atoms with Gasteiger partial charge in [-0.05, 0) is 44.5 Å². The van der Waals surface area contributed by atoms with E-state index >= 15 is 0 Å². The predicted molar refractivity (Wildman–Crippen MR) is 78.3 cm³/mol. The summed E-state index contributed by atoms with van der Waals surface area (Å²) < 4.78 is 11.2. The molecule has 0 bridgehead atoms. The van der Waals surface area contributed by atoms with Crippen LogP contribution in [0, 0.1) is 6.92 Å². The van der Waals surface area contributed by atoms with Crippen molar-refractivity contribution in [1.82, 2.24) is 4.90 Å². The largest absolute Gasteiger partial charge is 0.481 e. The van der Waals surface area contributed by atoms with Gasteiger partial charge in [-0.3, -0.25) is 4.79 Å². The molecular formula is C15H20ClNO3. The number of amides is 1. The highest BCUT2D eigenvalue weighted by Gasteiger charge is 2.26. The van der Waals surface area contributed by atoms with Crippen LogP contribution in [0.25, 0.3) is 0 Å². The molecule has 0 radical (unpaired) electrons. The minimum absolute atomic E-state index is 0.00509. The maximum absolute atomic E-state index is 12.3. The lowest BCUT2D eigenvalue weighted by molar-refractivity contribution is -0.144. The average molecular weight is 298 g/mol. The van der Waals surface area contributed by atoms with Crippen LogP contribution in [0.4, 0.5) is 0 Å². The third-order valence-electron chi connectivity index (χ3n) is 3.34. The van der Waals surface area contributed by atoms with E-state index in [9.17, 15) is 4.79 Å². The number of ether oxygens (including phenoxy) is 2. The van der Waals surface area contributed by atoms with E-state index in [1.807, 2.05) is 19.9 Å².